The number of likely N-dealkylation sites (tertiary alicyclic amines) is 1. The van der Waals surface area contributed by atoms with Gasteiger partial charge in [0.05, 0.1) is 12.1 Å². The molecule has 27 heavy (non-hydrogen) atoms. The molecule has 138 valence electrons. The zero-order chi connectivity index (χ0) is 19.0. The van der Waals surface area contributed by atoms with Crippen LogP contribution >= 0.6 is 0 Å². The van der Waals surface area contributed by atoms with Gasteiger partial charge in [-0.2, -0.15) is 0 Å². The summed E-state index contributed by atoms with van der Waals surface area (Å²) < 4.78 is 14.1. The van der Waals surface area contributed by atoms with Crippen LogP contribution in [0.4, 0.5) is 4.39 Å². The minimum atomic E-state index is -0.412. The molecule has 2 aliphatic heterocycles. The zero-order valence-electron chi connectivity index (χ0n) is 15.2. The second-order valence-corrected chi connectivity index (χ2v) is 7.07. The third-order valence-electron chi connectivity index (χ3n) is 5.19. The highest BCUT2D eigenvalue weighted by atomic mass is 19.1. The molecule has 1 saturated heterocycles. The number of hydrogen-bond donors (Lipinski definition) is 0. The largest absolute Gasteiger partial charge is 0.366 e. The Labute approximate surface area is 157 Å². The summed E-state index contributed by atoms with van der Waals surface area (Å²) in [6.07, 6.45) is 2.00. The summed E-state index contributed by atoms with van der Waals surface area (Å²) in [5.41, 5.74) is 3.04. The van der Waals surface area contributed by atoms with E-state index in [1.165, 1.54) is 11.0 Å². The van der Waals surface area contributed by atoms with Gasteiger partial charge in [-0.05, 0) is 31.4 Å². The van der Waals surface area contributed by atoms with Crippen molar-refractivity contribution in [2.75, 3.05) is 13.1 Å². The van der Waals surface area contributed by atoms with Gasteiger partial charge in [-0.15, -0.1) is 0 Å². The van der Waals surface area contributed by atoms with Crippen molar-refractivity contribution in [1.82, 2.24) is 9.80 Å². The summed E-state index contributed by atoms with van der Waals surface area (Å²) in [7, 11) is 0. The van der Waals surface area contributed by atoms with E-state index in [1.807, 2.05) is 36.1 Å². The predicted molar refractivity (Wildman–Crippen MR) is 101 cm³/mol. The maximum atomic E-state index is 14.1. The summed E-state index contributed by atoms with van der Waals surface area (Å²) in [5, 5.41) is 0. The standard InChI is InChI=1S/C22H21FN2O2/c1-15-8-10-16(11-9-15)19-20(24-12-4-5-13-24)22(27)25(21(19)26)14-17-6-2-3-7-18(17)23/h2-3,6-11H,4-5,12-14H2,1H3. The number of amides is 2. The molecule has 2 aliphatic rings. The van der Waals surface area contributed by atoms with Gasteiger partial charge in [0.1, 0.15) is 11.5 Å². The van der Waals surface area contributed by atoms with Gasteiger partial charge in [-0.25, -0.2) is 4.39 Å². The summed E-state index contributed by atoms with van der Waals surface area (Å²) in [4.78, 5) is 29.5. The maximum absolute atomic E-state index is 14.1. The Morgan fingerprint density at radius 1 is 0.926 bits per heavy atom. The number of nitrogens with zero attached hydrogens (tertiary/aromatic N) is 2. The van der Waals surface area contributed by atoms with E-state index in [2.05, 4.69) is 0 Å². The molecule has 2 aromatic rings. The van der Waals surface area contributed by atoms with E-state index in [1.54, 1.807) is 18.2 Å². The van der Waals surface area contributed by atoms with Gasteiger partial charge in [-0.3, -0.25) is 14.5 Å². The molecule has 0 N–H and O–H groups in total. The minimum Gasteiger partial charge on any atom is -0.366 e. The highest BCUT2D eigenvalue weighted by Gasteiger charge is 2.42. The predicted octanol–water partition coefficient (Wildman–Crippen LogP) is 3.51. The number of carbonyl (C=O) groups is 2. The summed E-state index contributed by atoms with van der Waals surface area (Å²) in [6, 6.07) is 13.9. The normalized spacial score (nSPS) is 17.4. The van der Waals surface area contributed by atoms with Gasteiger partial charge in [0.25, 0.3) is 11.8 Å². The molecule has 0 aliphatic carbocycles. The van der Waals surface area contributed by atoms with Crippen molar-refractivity contribution in [3.63, 3.8) is 0 Å². The van der Waals surface area contributed by atoms with Crippen LogP contribution < -0.4 is 0 Å². The number of imide groups is 1. The maximum Gasteiger partial charge on any atom is 0.278 e. The van der Waals surface area contributed by atoms with E-state index >= 15 is 0 Å². The van der Waals surface area contributed by atoms with E-state index < -0.39 is 5.82 Å². The van der Waals surface area contributed by atoms with Crippen LogP contribution in [0.2, 0.25) is 0 Å². The Hall–Kier alpha value is -2.95. The highest BCUT2D eigenvalue weighted by molar-refractivity contribution is 6.35. The van der Waals surface area contributed by atoms with Crippen LogP contribution in [-0.2, 0) is 16.1 Å². The van der Waals surface area contributed by atoms with Gasteiger partial charge in [-0.1, -0.05) is 48.0 Å². The molecule has 4 rings (SSSR count). The van der Waals surface area contributed by atoms with Crippen molar-refractivity contribution < 1.29 is 14.0 Å². The lowest BCUT2D eigenvalue weighted by Crippen LogP contribution is -2.34. The van der Waals surface area contributed by atoms with E-state index in [9.17, 15) is 14.0 Å². The number of aryl methyl sites for hydroxylation is 1. The van der Waals surface area contributed by atoms with Crippen LogP contribution in [0.15, 0.2) is 54.2 Å². The van der Waals surface area contributed by atoms with Gasteiger partial charge in [0.2, 0.25) is 0 Å². The lowest BCUT2D eigenvalue weighted by molar-refractivity contribution is -0.138. The second-order valence-electron chi connectivity index (χ2n) is 7.07. The molecule has 0 aromatic heterocycles. The lowest BCUT2D eigenvalue weighted by atomic mass is 10.0. The molecule has 5 heteroatoms. The first-order valence-corrected chi connectivity index (χ1v) is 9.22. The average Bonchev–Trinajstić information content (AvgIpc) is 3.26. The van der Waals surface area contributed by atoms with Crippen LogP contribution in [0.25, 0.3) is 5.57 Å². The molecular weight excluding hydrogens is 343 g/mol. The fraction of sp³-hybridized carbons (Fsp3) is 0.273. The van der Waals surface area contributed by atoms with Crippen molar-refractivity contribution >= 4 is 17.4 Å². The molecule has 4 nitrogen and oxygen atoms in total. The van der Waals surface area contributed by atoms with Crippen LogP contribution in [0, 0.1) is 12.7 Å². The van der Waals surface area contributed by atoms with Crippen molar-refractivity contribution in [3.05, 3.63) is 76.7 Å². The quantitative estimate of drug-likeness (QED) is 0.780. The molecule has 1 fully saturated rings. The van der Waals surface area contributed by atoms with E-state index in [-0.39, 0.29) is 18.4 Å². The fourth-order valence-electron chi connectivity index (χ4n) is 3.72. The summed E-state index contributed by atoms with van der Waals surface area (Å²) >= 11 is 0. The summed E-state index contributed by atoms with van der Waals surface area (Å²) in [6.45, 7) is 3.44. The molecule has 0 spiro atoms. The fourth-order valence-corrected chi connectivity index (χ4v) is 3.72. The first-order chi connectivity index (χ1) is 13.1. The topological polar surface area (TPSA) is 40.6 Å². The first kappa shape index (κ1) is 17.5. The van der Waals surface area contributed by atoms with E-state index in [4.69, 9.17) is 0 Å². The molecule has 2 aromatic carbocycles. The van der Waals surface area contributed by atoms with E-state index in [0.29, 0.717) is 16.8 Å². The molecule has 0 saturated carbocycles. The Balaban J connectivity index is 1.75. The van der Waals surface area contributed by atoms with Crippen LogP contribution in [0.1, 0.15) is 29.5 Å². The number of halogens is 1. The molecule has 0 unspecified atom stereocenters. The van der Waals surface area contributed by atoms with Crippen molar-refractivity contribution in [2.45, 2.75) is 26.3 Å². The van der Waals surface area contributed by atoms with Gasteiger partial charge >= 0.3 is 0 Å². The van der Waals surface area contributed by atoms with E-state index in [0.717, 1.165) is 37.1 Å². The Morgan fingerprint density at radius 2 is 1.59 bits per heavy atom. The molecular formula is C22H21FN2O2. The van der Waals surface area contributed by atoms with Crippen molar-refractivity contribution in [3.8, 4) is 0 Å². The monoisotopic (exact) mass is 364 g/mol. The summed E-state index contributed by atoms with van der Waals surface area (Å²) in [5.74, 6) is -1.10. The Morgan fingerprint density at radius 3 is 2.26 bits per heavy atom. The Kier molecular flexibility index (Phi) is 4.52. The van der Waals surface area contributed by atoms with Gasteiger partial charge in [0.15, 0.2) is 0 Å². The van der Waals surface area contributed by atoms with Crippen molar-refractivity contribution in [2.24, 2.45) is 0 Å². The number of rotatable bonds is 4. The number of benzene rings is 2. The third kappa shape index (κ3) is 3.14. The molecule has 2 heterocycles. The number of carbonyl (C=O) groups excluding carboxylic acids is 2. The van der Waals surface area contributed by atoms with Gasteiger partial charge < -0.3 is 4.90 Å². The molecule has 0 bridgehead atoms. The first-order valence-electron chi connectivity index (χ1n) is 9.22. The lowest BCUT2D eigenvalue weighted by Gasteiger charge is -2.20. The van der Waals surface area contributed by atoms with Crippen LogP contribution in [0.3, 0.4) is 0 Å². The average molecular weight is 364 g/mol. The molecule has 0 radical (unpaired) electrons. The Bertz CT molecular complexity index is 928. The van der Waals surface area contributed by atoms with Crippen LogP contribution in [0.5, 0.6) is 0 Å². The van der Waals surface area contributed by atoms with Crippen molar-refractivity contribution in [1.29, 1.82) is 0 Å². The van der Waals surface area contributed by atoms with Crippen LogP contribution in [-0.4, -0.2) is 34.7 Å². The second kappa shape index (κ2) is 6.99. The molecule has 2 amide bonds. The SMILES string of the molecule is Cc1ccc(C2=C(N3CCCC3)C(=O)N(Cc3ccccc3F)C2=O)cc1. The number of hydrogen-bond acceptors (Lipinski definition) is 3. The smallest absolute Gasteiger partial charge is 0.278 e. The minimum absolute atomic E-state index is 0.0585. The zero-order valence-corrected chi connectivity index (χ0v) is 15.2. The molecule has 0 atom stereocenters. The third-order valence-corrected chi connectivity index (χ3v) is 5.19. The highest BCUT2D eigenvalue weighted by Crippen LogP contribution is 2.34. The van der Waals surface area contributed by atoms with Gasteiger partial charge in [0, 0.05) is 18.7 Å².